The molecule has 1 aromatic carbocycles. The first-order valence-corrected chi connectivity index (χ1v) is 7.80. The Morgan fingerprint density at radius 2 is 2.05 bits per heavy atom. The van der Waals surface area contributed by atoms with Gasteiger partial charge in [0.05, 0.1) is 10.6 Å². The first-order chi connectivity index (χ1) is 10.2. The van der Waals surface area contributed by atoms with E-state index in [1.165, 1.54) is 4.88 Å². The third-order valence-electron chi connectivity index (χ3n) is 3.13. The molecule has 2 heterocycles. The average Bonchev–Trinajstić information content (AvgIpc) is 3.07. The van der Waals surface area contributed by atoms with Crippen LogP contribution in [0, 0.1) is 0 Å². The molecule has 2 aromatic heterocycles. The number of thiophene rings is 1. The van der Waals surface area contributed by atoms with Crippen LogP contribution in [0.4, 0.5) is 5.00 Å². The summed E-state index contributed by atoms with van der Waals surface area (Å²) in [7, 11) is 0. The van der Waals surface area contributed by atoms with Gasteiger partial charge in [-0.2, -0.15) is 4.98 Å². The lowest BCUT2D eigenvalue weighted by Gasteiger charge is -1.96. The van der Waals surface area contributed by atoms with Crippen LogP contribution in [0.5, 0.6) is 0 Å². The number of aryl methyl sites for hydroxylation is 1. The highest BCUT2D eigenvalue weighted by atomic mass is 35.5. The number of nitrogens with zero attached hydrogens (tertiary/aromatic N) is 2. The number of anilines is 1. The van der Waals surface area contributed by atoms with Gasteiger partial charge in [-0.25, -0.2) is 0 Å². The van der Waals surface area contributed by atoms with Crippen molar-refractivity contribution in [3.63, 3.8) is 0 Å². The fourth-order valence-electron chi connectivity index (χ4n) is 2.02. The molecule has 0 unspecified atom stereocenters. The van der Waals surface area contributed by atoms with Crippen LogP contribution in [0.2, 0.25) is 5.02 Å². The van der Waals surface area contributed by atoms with Gasteiger partial charge in [-0.05, 0) is 30.2 Å². The minimum atomic E-state index is 0.479. The molecule has 2 N–H and O–H groups in total. The highest BCUT2D eigenvalue weighted by Crippen LogP contribution is 2.33. The Kier molecular flexibility index (Phi) is 3.94. The van der Waals surface area contributed by atoms with Crippen molar-refractivity contribution in [2.45, 2.75) is 19.8 Å². The van der Waals surface area contributed by atoms with Crippen LogP contribution < -0.4 is 5.73 Å². The zero-order valence-corrected chi connectivity index (χ0v) is 13.0. The molecule has 6 heteroatoms. The minimum Gasteiger partial charge on any atom is -0.390 e. The number of nitrogens with two attached hydrogens (primary N) is 1. The molecule has 0 amide bonds. The maximum absolute atomic E-state index is 6.00. The molecule has 0 saturated carbocycles. The van der Waals surface area contributed by atoms with Crippen molar-refractivity contribution in [3.05, 3.63) is 51.6 Å². The number of rotatable bonds is 4. The van der Waals surface area contributed by atoms with Crippen molar-refractivity contribution < 1.29 is 4.52 Å². The second-order valence-corrected chi connectivity index (χ2v) is 6.27. The van der Waals surface area contributed by atoms with E-state index in [0.717, 1.165) is 17.5 Å². The fraction of sp³-hybridized carbons (Fsp3) is 0.200. The van der Waals surface area contributed by atoms with Crippen molar-refractivity contribution in [1.29, 1.82) is 0 Å². The summed E-state index contributed by atoms with van der Waals surface area (Å²) in [5, 5.41) is 5.45. The van der Waals surface area contributed by atoms with Gasteiger partial charge >= 0.3 is 0 Å². The van der Waals surface area contributed by atoms with Gasteiger partial charge in [0, 0.05) is 16.3 Å². The summed E-state index contributed by atoms with van der Waals surface area (Å²) in [6.45, 7) is 2.09. The predicted molar refractivity (Wildman–Crippen MR) is 85.7 cm³/mol. The van der Waals surface area contributed by atoms with Crippen molar-refractivity contribution in [1.82, 2.24) is 10.1 Å². The standard InChI is InChI=1S/C15H14ClN3OS/c1-2-11-8-12(14(17)21-11)15-18-13(19-20-15)7-9-3-5-10(16)6-4-9/h3-6,8H,2,7,17H2,1H3. The van der Waals surface area contributed by atoms with Gasteiger partial charge in [0.2, 0.25) is 0 Å². The van der Waals surface area contributed by atoms with E-state index in [1.54, 1.807) is 11.3 Å². The Balaban J connectivity index is 1.82. The van der Waals surface area contributed by atoms with Crippen LogP contribution >= 0.6 is 22.9 Å². The highest BCUT2D eigenvalue weighted by Gasteiger charge is 2.15. The molecule has 0 fully saturated rings. The summed E-state index contributed by atoms with van der Waals surface area (Å²) in [6.07, 6.45) is 1.55. The topological polar surface area (TPSA) is 64.9 Å². The number of hydrogen-bond acceptors (Lipinski definition) is 5. The molecule has 0 atom stereocenters. The number of nitrogen functional groups attached to an aromatic ring is 1. The van der Waals surface area contributed by atoms with E-state index < -0.39 is 0 Å². The zero-order chi connectivity index (χ0) is 14.8. The van der Waals surface area contributed by atoms with Gasteiger partial charge < -0.3 is 10.3 Å². The summed E-state index contributed by atoms with van der Waals surface area (Å²) < 4.78 is 5.32. The van der Waals surface area contributed by atoms with E-state index in [9.17, 15) is 0 Å². The maximum Gasteiger partial charge on any atom is 0.260 e. The predicted octanol–water partition coefficient (Wildman–Crippen LogP) is 4.19. The molecule has 0 aliphatic heterocycles. The van der Waals surface area contributed by atoms with E-state index in [0.29, 0.717) is 28.2 Å². The van der Waals surface area contributed by atoms with Crippen molar-refractivity contribution in [3.8, 4) is 11.5 Å². The largest absolute Gasteiger partial charge is 0.390 e. The van der Waals surface area contributed by atoms with Crippen LogP contribution in [0.25, 0.3) is 11.5 Å². The monoisotopic (exact) mass is 319 g/mol. The molecule has 0 saturated heterocycles. The molecule has 108 valence electrons. The van der Waals surface area contributed by atoms with Crippen molar-refractivity contribution >= 4 is 27.9 Å². The number of hydrogen-bond donors (Lipinski definition) is 1. The summed E-state index contributed by atoms with van der Waals surface area (Å²) in [5.41, 5.74) is 7.91. The molecule has 0 spiro atoms. The van der Waals surface area contributed by atoms with Gasteiger partial charge in [-0.15, -0.1) is 11.3 Å². The quantitative estimate of drug-likeness (QED) is 0.783. The van der Waals surface area contributed by atoms with Gasteiger partial charge in [-0.1, -0.05) is 35.8 Å². The number of halogens is 1. The summed E-state index contributed by atoms with van der Waals surface area (Å²) >= 11 is 7.43. The third-order valence-corrected chi connectivity index (χ3v) is 4.49. The second kappa shape index (κ2) is 5.87. The average molecular weight is 320 g/mol. The molecule has 0 aliphatic rings. The highest BCUT2D eigenvalue weighted by molar-refractivity contribution is 7.16. The lowest BCUT2D eigenvalue weighted by Crippen LogP contribution is -1.90. The number of aromatic nitrogens is 2. The van der Waals surface area contributed by atoms with Gasteiger partial charge in [-0.3, -0.25) is 0 Å². The van der Waals surface area contributed by atoms with Crippen LogP contribution in [-0.2, 0) is 12.8 Å². The molecule has 0 bridgehead atoms. The Labute approximate surface area is 131 Å². The van der Waals surface area contributed by atoms with Crippen molar-refractivity contribution in [2.24, 2.45) is 0 Å². The first kappa shape index (κ1) is 14.1. The molecular formula is C15H14ClN3OS. The van der Waals surface area contributed by atoms with Crippen LogP contribution in [0.1, 0.15) is 23.2 Å². The minimum absolute atomic E-state index is 0.479. The lowest BCUT2D eigenvalue weighted by atomic mass is 10.1. The van der Waals surface area contributed by atoms with Crippen LogP contribution in [-0.4, -0.2) is 10.1 Å². The molecule has 0 aliphatic carbocycles. The SMILES string of the molecule is CCc1cc(-c2nc(Cc3ccc(Cl)cc3)no2)c(N)s1. The molecule has 0 radical (unpaired) electrons. The van der Waals surface area contributed by atoms with Crippen molar-refractivity contribution in [2.75, 3.05) is 5.73 Å². The molecule has 21 heavy (non-hydrogen) atoms. The third kappa shape index (κ3) is 3.09. The number of benzene rings is 1. The zero-order valence-electron chi connectivity index (χ0n) is 11.5. The van der Waals surface area contributed by atoms with Gasteiger partial charge in [0.1, 0.15) is 0 Å². The fourth-order valence-corrected chi connectivity index (χ4v) is 3.00. The van der Waals surface area contributed by atoms with E-state index in [4.69, 9.17) is 21.9 Å². The summed E-state index contributed by atoms with van der Waals surface area (Å²) in [6, 6.07) is 9.61. The van der Waals surface area contributed by atoms with Crippen LogP contribution in [0.3, 0.4) is 0 Å². The molecule has 3 rings (SSSR count). The van der Waals surface area contributed by atoms with E-state index in [2.05, 4.69) is 17.1 Å². The second-order valence-electron chi connectivity index (χ2n) is 4.66. The molecular weight excluding hydrogens is 306 g/mol. The summed E-state index contributed by atoms with van der Waals surface area (Å²) in [5.74, 6) is 1.11. The first-order valence-electron chi connectivity index (χ1n) is 6.61. The maximum atomic E-state index is 6.00. The Bertz CT molecular complexity index is 749. The van der Waals surface area contributed by atoms with Crippen LogP contribution in [0.15, 0.2) is 34.9 Å². The van der Waals surface area contributed by atoms with E-state index >= 15 is 0 Å². The molecule has 3 aromatic rings. The van der Waals surface area contributed by atoms with Gasteiger partial charge in [0.25, 0.3) is 5.89 Å². The summed E-state index contributed by atoms with van der Waals surface area (Å²) in [4.78, 5) is 5.63. The Morgan fingerprint density at radius 3 is 2.71 bits per heavy atom. The molecule has 4 nitrogen and oxygen atoms in total. The normalized spacial score (nSPS) is 11.0. The smallest absolute Gasteiger partial charge is 0.260 e. The Hall–Kier alpha value is -1.85. The van der Waals surface area contributed by atoms with Gasteiger partial charge in [0.15, 0.2) is 5.82 Å². The van der Waals surface area contributed by atoms with E-state index in [-0.39, 0.29) is 0 Å². The Morgan fingerprint density at radius 1 is 1.29 bits per heavy atom. The lowest BCUT2D eigenvalue weighted by molar-refractivity contribution is 0.424. The van der Waals surface area contributed by atoms with E-state index in [1.807, 2.05) is 30.3 Å².